The van der Waals surface area contributed by atoms with Crippen molar-refractivity contribution in [1.82, 2.24) is 4.98 Å². The lowest BCUT2D eigenvalue weighted by Crippen LogP contribution is -2.29. The lowest BCUT2D eigenvalue weighted by molar-refractivity contribution is -0.132. The maximum atomic E-state index is 13.6. The van der Waals surface area contributed by atoms with Crippen LogP contribution in [0.25, 0.3) is 16.7 Å². The summed E-state index contributed by atoms with van der Waals surface area (Å²) in [5.41, 5.74) is 4.72. The van der Waals surface area contributed by atoms with Crippen molar-refractivity contribution in [2.24, 2.45) is 5.92 Å². The highest BCUT2D eigenvalue weighted by Crippen LogP contribution is 2.44. The molecule has 1 saturated heterocycles. The first-order chi connectivity index (χ1) is 18.7. The third-order valence-electron chi connectivity index (χ3n) is 7.22. The summed E-state index contributed by atoms with van der Waals surface area (Å²) in [7, 11) is 0. The van der Waals surface area contributed by atoms with Gasteiger partial charge in [0.2, 0.25) is 0 Å². The maximum Gasteiger partial charge on any atom is 0.300 e. The van der Waals surface area contributed by atoms with Crippen LogP contribution < -0.4 is 9.64 Å². The summed E-state index contributed by atoms with van der Waals surface area (Å²) in [6, 6.07) is 20.0. The van der Waals surface area contributed by atoms with Gasteiger partial charge in [-0.05, 0) is 66.3 Å². The van der Waals surface area contributed by atoms with E-state index in [4.69, 9.17) is 4.74 Å². The molecule has 6 heteroatoms. The molecule has 1 aromatic heterocycles. The first-order valence-electron chi connectivity index (χ1n) is 13.4. The molecule has 5 rings (SSSR count). The number of rotatable bonds is 7. The van der Waals surface area contributed by atoms with Gasteiger partial charge in [-0.3, -0.25) is 14.5 Å². The monoisotopic (exact) mass is 522 g/mol. The van der Waals surface area contributed by atoms with Crippen LogP contribution in [0, 0.1) is 12.8 Å². The molecule has 1 fully saturated rings. The van der Waals surface area contributed by atoms with E-state index < -0.39 is 17.7 Å². The number of fused-ring (bicyclic) bond motifs is 1. The van der Waals surface area contributed by atoms with Gasteiger partial charge in [-0.15, -0.1) is 0 Å². The highest BCUT2D eigenvalue weighted by Gasteiger charge is 2.47. The van der Waals surface area contributed by atoms with Crippen LogP contribution in [0.4, 0.5) is 5.69 Å². The molecule has 1 aliphatic heterocycles. The highest BCUT2D eigenvalue weighted by atomic mass is 16.5. The molecule has 39 heavy (non-hydrogen) atoms. The summed E-state index contributed by atoms with van der Waals surface area (Å²) in [5, 5.41) is 12.5. The van der Waals surface area contributed by atoms with Crippen molar-refractivity contribution >= 4 is 34.0 Å². The van der Waals surface area contributed by atoms with E-state index in [9.17, 15) is 14.7 Å². The minimum absolute atomic E-state index is 0.0629. The normalized spacial score (nSPS) is 17.1. The molecular formula is C33H34N2O4. The summed E-state index contributed by atoms with van der Waals surface area (Å²) >= 11 is 0. The Balaban J connectivity index is 1.66. The predicted molar refractivity (Wildman–Crippen MR) is 155 cm³/mol. The van der Waals surface area contributed by atoms with E-state index in [1.807, 2.05) is 61.7 Å². The van der Waals surface area contributed by atoms with E-state index in [-0.39, 0.29) is 11.3 Å². The van der Waals surface area contributed by atoms with Crippen LogP contribution >= 0.6 is 0 Å². The Labute approximate surface area is 228 Å². The Morgan fingerprint density at radius 1 is 1.00 bits per heavy atom. The van der Waals surface area contributed by atoms with E-state index in [0.717, 1.165) is 33.3 Å². The molecule has 1 amide bonds. The van der Waals surface area contributed by atoms with Gasteiger partial charge >= 0.3 is 0 Å². The number of ketones is 1. The topological polar surface area (TPSA) is 82.6 Å². The first kappa shape index (κ1) is 26.3. The number of anilines is 1. The lowest BCUT2D eigenvalue weighted by Gasteiger charge is -2.25. The summed E-state index contributed by atoms with van der Waals surface area (Å²) in [6.07, 6.45) is 1.82. The van der Waals surface area contributed by atoms with Crippen molar-refractivity contribution in [2.75, 3.05) is 11.5 Å². The minimum atomic E-state index is -0.803. The number of nitrogens with one attached hydrogen (secondary N) is 1. The second-order valence-corrected chi connectivity index (χ2v) is 10.9. The van der Waals surface area contributed by atoms with Crippen molar-refractivity contribution < 1.29 is 19.4 Å². The number of aromatic amines is 1. The zero-order valence-electron chi connectivity index (χ0n) is 23.0. The zero-order valence-corrected chi connectivity index (χ0v) is 23.0. The van der Waals surface area contributed by atoms with Crippen molar-refractivity contribution in [2.45, 2.75) is 46.6 Å². The quantitative estimate of drug-likeness (QED) is 0.152. The van der Waals surface area contributed by atoms with Gasteiger partial charge in [0.05, 0.1) is 18.2 Å². The predicted octanol–water partition coefficient (Wildman–Crippen LogP) is 7.26. The largest absolute Gasteiger partial charge is 0.507 e. The molecule has 0 radical (unpaired) electrons. The molecule has 2 heterocycles. The number of nitrogens with zero attached hydrogens (tertiary/aromatic N) is 1. The van der Waals surface area contributed by atoms with Gasteiger partial charge in [0.1, 0.15) is 11.5 Å². The molecule has 0 bridgehead atoms. The number of H-pyrrole nitrogens is 1. The number of hydrogen-bond acceptors (Lipinski definition) is 4. The van der Waals surface area contributed by atoms with Gasteiger partial charge in [-0.25, -0.2) is 0 Å². The van der Waals surface area contributed by atoms with Crippen LogP contribution in [0.2, 0.25) is 0 Å². The fourth-order valence-electron chi connectivity index (χ4n) is 5.10. The van der Waals surface area contributed by atoms with E-state index >= 15 is 0 Å². The second-order valence-electron chi connectivity index (χ2n) is 10.9. The number of benzene rings is 3. The minimum Gasteiger partial charge on any atom is -0.507 e. The van der Waals surface area contributed by atoms with Gasteiger partial charge in [-0.1, -0.05) is 58.0 Å². The van der Waals surface area contributed by atoms with Crippen LogP contribution in [0.15, 0.2) is 78.5 Å². The number of aliphatic hydroxyl groups excluding tert-OH is 1. The van der Waals surface area contributed by atoms with Gasteiger partial charge in [-0.2, -0.15) is 0 Å². The summed E-state index contributed by atoms with van der Waals surface area (Å²) in [5.74, 6) is -0.164. The molecule has 4 aromatic rings. The van der Waals surface area contributed by atoms with Crippen molar-refractivity contribution in [1.29, 1.82) is 0 Å². The fraction of sp³-hybridized carbons (Fsp3) is 0.273. The molecule has 0 spiro atoms. The Bertz CT molecular complexity index is 1580. The van der Waals surface area contributed by atoms with Crippen molar-refractivity contribution in [3.63, 3.8) is 0 Å². The number of aryl methyl sites for hydroxylation is 1. The van der Waals surface area contributed by atoms with Gasteiger partial charge in [0, 0.05) is 33.9 Å². The standard InChI is InChI=1S/C33H34N2O4/c1-19(2)18-39-28-15-12-23(16-21(28)5)31(36)29-30(26-17-34-27-9-7-6-8-25(26)27)35(33(38)32(29)37)24-13-10-22(11-14-24)20(3)4/h6-17,19-20,30,34,36H,18H2,1-5H3/b31-29+. The number of carbonyl (C=O) groups is 2. The lowest BCUT2D eigenvalue weighted by atomic mass is 9.94. The van der Waals surface area contributed by atoms with E-state index in [0.29, 0.717) is 29.7 Å². The number of amides is 1. The van der Waals surface area contributed by atoms with Gasteiger partial charge in [0.25, 0.3) is 11.7 Å². The number of carbonyl (C=O) groups excluding carboxylic acids is 2. The maximum absolute atomic E-state index is 13.6. The Kier molecular flexibility index (Phi) is 7.04. The summed E-state index contributed by atoms with van der Waals surface area (Å²) in [6.45, 7) is 10.8. The number of ether oxygens (including phenoxy) is 1. The molecule has 2 N–H and O–H groups in total. The first-order valence-corrected chi connectivity index (χ1v) is 13.4. The van der Waals surface area contributed by atoms with Crippen LogP contribution in [0.3, 0.4) is 0 Å². The third-order valence-corrected chi connectivity index (χ3v) is 7.22. The molecule has 1 unspecified atom stereocenters. The average molecular weight is 523 g/mol. The Hall–Kier alpha value is -4.32. The molecule has 200 valence electrons. The molecule has 0 saturated carbocycles. The fourth-order valence-corrected chi connectivity index (χ4v) is 5.10. The third kappa shape index (κ3) is 4.83. The number of Topliss-reactive ketones (excluding diaryl/α,β-unsaturated/α-hetero) is 1. The van der Waals surface area contributed by atoms with Gasteiger partial charge < -0.3 is 14.8 Å². The Morgan fingerprint density at radius 2 is 1.72 bits per heavy atom. The van der Waals surface area contributed by atoms with E-state index in [1.165, 1.54) is 4.90 Å². The molecule has 6 nitrogen and oxygen atoms in total. The Morgan fingerprint density at radius 3 is 2.38 bits per heavy atom. The van der Waals surface area contributed by atoms with Crippen LogP contribution in [-0.2, 0) is 9.59 Å². The van der Waals surface area contributed by atoms with Gasteiger partial charge in [0.15, 0.2) is 0 Å². The van der Waals surface area contributed by atoms with Crippen LogP contribution in [0.5, 0.6) is 5.75 Å². The van der Waals surface area contributed by atoms with Crippen LogP contribution in [0.1, 0.15) is 61.9 Å². The van der Waals surface area contributed by atoms with E-state index in [1.54, 1.807) is 18.2 Å². The molecule has 3 aromatic carbocycles. The molecular weight excluding hydrogens is 488 g/mol. The SMILES string of the molecule is Cc1cc(/C(O)=C2\C(=O)C(=O)N(c3ccc(C(C)C)cc3)C2c2c[nH]c3ccccc23)ccc1OCC(C)C. The van der Waals surface area contributed by atoms with Crippen LogP contribution in [-0.4, -0.2) is 28.4 Å². The number of hydrogen-bond donors (Lipinski definition) is 2. The summed E-state index contributed by atoms with van der Waals surface area (Å²) < 4.78 is 5.89. The second kappa shape index (κ2) is 10.4. The smallest absolute Gasteiger partial charge is 0.300 e. The number of aromatic nitrogens is 1. The highest BCUT2D eigenvalue weighted by molar-refractivity contribution is 6.51. The van der Waals surface area contributed by atoms with E-state index in [2.05, 4.69) is 32.7 Å². The van der Waals surface area contributed by atoms with Crippen molar-refractivity contribution in [3.05, 3.63) is 101 Å². The molecule has 0 aliphatic carbocycles. The average Bonchev–Trinajstić information content (AvgIpc) is 3.45. The number of para-hydroxylation sites is 1. The molecule has 1 aliphatic rings. The summed E-state index contributed by atoms with van der Waals surface area (Å²) in [4.78, 5) is 31.9. The van der Waals surface area contributed by atoms with Crippen molar-refractivity contribution in [3.8, 4) is 5.75 Å². The zero-order chi connectivity index (χ0) is 27.8. The number of aliphatic hydroxyl groups is 1. The molecule has 1 atom stereocenters.